The van der Waals surface area contributed by atoms with Crippen molar-refractivity contribution in [3.8, 4) is 11.8 Å². The van der Waals surface area contributed by atoms with Crippen LogP contribution in [0.2, 0.25) is 0 Å². The van der Waals surface area contributed by atoms with Crippen LogP contribution >= 0.6 is 0 Å². The molecule has 0 radical (unpaired) electrons. The van der Waals surface area contributed by atoms with Gasteiger partial charge in [0.05, 0.1) is 0 Å². The SMILES string of the molecule is CC#CCC(NC)c1ccc(C)cc1C. The lowest BCUT2D eigenvalue weighted by Crippen LogP contribution is -2.16. The molecule has 0 spiro atoms. The topological polar surface area (TPSA) is 12.0 Å². The number of hydrogen-bond acceptors (Lipinski definition) is 1. The van der Waals surface area contributed by atoms with Crippen molar-refractivity contribution in [1.82, 2.24) is 5.32 Å². The van der Waals surface area contributed by atoms with E-state index in [1.54, 1.807) is 0 Å². The molecule has 0 saturated carbocycles. The molecule has 1 nitrogen and oxygen atoms in total. The Morgan fingerprint density at radius 2 is 2.07 bits per heavy atom. The number of benzene rings is 1. The van der Waals surface area contributed by atoms with E-state index in [4.69, 9.17) is 0 Å². The molecular formula is C14H19N. The highest BCUT2D eigenvalue weighted by Crippen LogP contribution is 2.20. The van der Waals surface area contributed by atoms with Crippen LogP contribution in [-0.4, -0.2) is 7.05 Å². The van der Waals surface area contributed by atoms with Crippen LogP contribution in [0.25, 0.3) is 0 Å². The Kier molecular flexibility index (Phi) is 4.39. The lowest BCUT2D eigenvalue weighted by Gasteiger charge is -2.16. The van der Waals surface area contributed by atoms with Gasteiger partial charge in [0.15, 0.2) is 0 Å². The molecule has 0 aliphatic carbocycles. The minimum Gasteiger partial charge on any atom is -0.312 e. The predicted octanol–water partition coefficient (Wildman–Crippen LogP) is 2.98. The molecule has 0 aromatic heterocycles. The second-order valence-corrected chi connectivity index (χ2v) is 3.83. The maximum absolute atomic E-state index is 3.31. The maximum Gasteiger partial charge on any atom is 0.0431 e. The number of nitrogens with one attached hydrogen (secondary N) is 1. The van der Waals surface area contributed by atoms with E-state index in [2.05, 4.69) is 49.2 Å². The number of hydrogen-bond donors (Lipinski definition) is 1. The lowest BCUT2D eigenvalue weighted by atomic mass is 9.97. The van der Waals surface area contributed by atoms with Crippen molar-refractivity contribution in [3.63, 3.8) is 0 Å². The van der Waals surface area contributed by atoms with Crippen molar-refractivity contribution in [3.05, 3.63) is 34.9 Å². The summed E-state index contributed by atoms with van der Waals surface area (Å²) in [6, 6.07) is 6.92. The first-order valence-corrected chi connectivity index (χ1v) is 5.33. The van der Waals surface area contributed by atoms with E-state index >= 15 is 0 Å². The van der Waals surface area contributed by atoms with Crippen LogP contribution in [0.4, 0.5) is 0 Å². The molecular weight excluding hydrogens is 182 g/mol. The average molecular weight is 201 g/mol. The van der Waals surface area contributed by atoms with Crippen LogP contribution in [-0.2, 0) is 0 Å². The Morgan fingerprint density at radius 3 is 2.60 bits per heavy atom. The van der Waals surface area contributed by atoms with Gasteiger partial charge in [-0.25, -0.2) is 0 Å². The Morgan fingerprint density at radius 1 is 1.33 bits per heavy atom. The van der Waals surface area contributed by atoms with Gasteiger partial charge in [0.1, 0.15) is 0 Å². The van der Waals surface area contributed by atoms with Crippen molar-refractivity contribution in [1.29, 1.82) is 0 Å². The summed E-state index contributed by atoms with van der Waals surface area (Å²) in [5.74, 6) is 6.07. The average Bonchev–Trinajstić information content (AvgIpc) is 2.21. The lowest BCUT2D eigenvalue weighted by molar-refractivity contribution is 0.608. The van der Waals surface area contributed by atoms with E-state index in [0.717, 1.165) is 6.42 Å². The van der Waals surface area contributed by atoms with Crippen molar-refractivity contribution < 1.29 is 0 Å². The Balaban J connectivity index is 2.94. The highest BCUT2D eigenvalue weighted by atomic mass is 14.9. The van der Waals surface area contributed by atoms with Gasteiger partial charge >= 0.3 is 0 Å². The summed E-state index contributed by atoms with van der Waals surface area (Å²) < 4.78 is 0. The minimum absolute atomic E-state index is 0.345. The van der Waals surface area contributed by atoms with Crippen LogP contribution in [0, 0.1) is 25.7 Å². The quantitative estimate of drug-likeness (QED) is 0.741. The summed E-state index contributed by atoms with van der Waals surface area (Å²) in [5.41, 5.74) is 4.01. The molecule has 0 amide bonds. The van der Waals surface area contributed by atoms with Crippen molar-refractivity contribution in [2.24, 2.45) is 0 Å². The fourth-order valence-electron chi connectivity index (χ4n) is 1.79. The first-order chi connectivity index (χ1) is 7.19. The van der Waals surface area contributed by atoms with Gasteiger partial charge in [-0.05, 0) is 38.9 Å². The van der Waals surface area contributed by atoms with Crippen LogP contribution in [0.1, 0.15) is 36.1 Å². The zero-order valence-electron chi connectivity index (χ0n) is 10.0. The van der Waals surface area contributed by atoms with Crippen molar-refractivity contribution in [2.75, 3.05) is 7.05 Å². The van der Waals surface area contributed by atoms with Crippen LogP contribution in [0.5, 0.6) is 0 Å². The van der Waals surface area contributed by atoms with E-state index < -0.39 is 0 Å². The summed E-state index contributed by atoms with van der Waals surface area (Å²) >= 11 is 0. The largest absolute Gasteiger partial charge is 0.312 e. The first kappa shape index (κ1) is 11.8. The summed E-state index contributed by atoms with van der Waals surface area (Å²) in [7, 11) is 1.99. The standard InChI is InChI=1S/C14H19N/c1-5-6-7-14(15-4)13-9-8-11(2)10-12(13)3/h8-10,14-15H,7H2,1-4H3. The van der Waals surface area contributed by atoms with Crippen LogP contribution < -0.4 is 5.32 Å². The van der Waals surface area contributed by atoms with Gasteiger partial charge in [-0.15, -0.1) is 11.8 Å². The summed E-state index contributed by atoms with van der Waals surface area (Å²) in [6.07, 6.45) is 0.872. The summed E-state index contributed by atoms with van der Waals surface area (Å²) in [6.45, 7) is 6.16. The molecule has 1 rings (SSSR count). The van der Waals surface area contributed by atoms with Crippen molar-refractivity contribution >= 4 is 0 Å². The maximum atomic E-state index is 3.31. The molecule has 1 atom stereocenters. The van der Waals surface area contributed by atoms with E-state index in [9.17, 15) is 0 Å². The Bertz CT molecular complexity index is 382. The Hall–Kier alpha value is -1.26. The third kappa shape index (κ3) is 3.11. The highest BCUT2D eigenvalue weighted by Gasteiger charge is 2.09. The molecule has 0 aliphatic heterocycles. The van der Waals surface area contributed by atoms with E-state index in [-0.39, 0.29) is 0 Å². The third-order valence-corrected chi connectivity index (χ3v) is 2.63. The van der Waals surface area contributed by atoms with Gasteiger partial charge in [-0.2, -0.15) is 0 Å². The predicted molar refractivity (Wildman–Crippen MR) is 65.8 cm³/mol. The zero-order chi connectivity index (χ0) is 11.3. The van der Waals surface area contributed by atoms with Gasteiger partial charge in [-0.3, -0.25) is 0 Å². The van der Waals surface area contributed by atoms with E-state index in [1.165, 1.54) is 16.7 Å². The second-order valence-electron chi connectivity index (χ2n) is 3.83. The van der Waals surface area contributed by atoms with Crippen LogP contribution in [0.15, 0.2) is 18.2 Å². The fourth-order valence-corrected chi connectivity index (χ4v) is 1.79. The number of aryl methyl sites for hydroxylation is 2. The molecule has 1 heteroatoms. The fraction of sp³-hybridized carbons (Fsp3) is 0.429. The first-order valence-electron chi connectivity index (χ1n) is 5.33. The van der Waals surface area contributed by atoms with E-state index in [0.29, 0.717) is 6.04 Å². The number of rotatable bonds is 3. The molecule has 1 N–H and O–H groups in total. The molecule has 0 aliphatic rings. The van der Waals surface area contributed by atoms with E-state index in [1.807, 2.05) is 14.0 Å². The molecule has 0 fully saturated rings. The minimum atomic E-state index is 0.345. The second kappa shape index (κ2) is 5.58. The molecule has 0 saturated heterocycles. The smallest absolute Gasteiger partial charge is 0.0431 e. The van der Waals surface area contributed by atoms with Gasteiger partial charge in [-0.1, -0.05) is 23.8 Å². The van der Waals surface area contributed by atoms with Gasteiger partial charge < -0.3 is 5.32 Å². The molecule has 1 aromatic rings. The Labute approximate surface area is 92.9 Å². The van der Waals surface area contributed by atoms with Crippen molar-refractivity contribution in [2.45, 2.75) is 33.2 Å². The molecule has 1 unspecified atom stereocenters. The molecule has 0 bridgehead atoms. The monoisotopic (exact) mass is 201 g/mol. The van der Waals surface area contributed by atoms with Gasteiger partial charge in [0.25, 0.3) is 0 Å². The molecule has 1 aromatic carbocycles. The molecule has 0 heterocycles. The highest BCUT2D eigenvalue weighted by molar-refractivity contribution is 5.33. The normalized spacial score (nSPS) is 11.7. The molecule has 15 heavy (non-hydrogen) atoms. The summed E-state index contributed by atoms with van der Waals surface area (Å²) in [4.78, 5) is 0. The molecule has 80 valence electrons. The zero-order valence-corrected chi connectivity index (χ0v) is 10.0. The third-order valence-electron chi connectivity index (χ3n) is 2.63. The van der Waals surface area contributed by atoms with Gasteiger partial charge in [0.2, 0.25) is 0 Å². The summed E-state index contributed by atoms with van der Waals surface area (Å²) in [5, 5.41) is 3.31. The van der Waals surface area contributed by atoms with Gasteiger partial charge in [0, 0.05) is 12.5 Å². The van der Waals surface area contributed by atoms with Crippen LogP contribution in [0.3, 0.4) is 0 Å².